The van der Waals surface area contributed by atoms with E-state index in [0.29, 0.717) is 13.0 Å². The lowest BCUT2D eigenvalue weighted by atomic mass is 10.1. The summed E-state index contributed by atoms with van der Waals surface area (Å²) in [5.41, 5.74) is 0. The molecule has 19 heavy (non-hydrogen) atoms. The minimum Gasteiger partial charge on any atom is -0.465 e. The van der Waals surface area contributed by atoms with Crippen molar-refractivity contribution in [2.24, 2.45) is 0 Å². The van der Waals surface area contributed by atoms with Gasteiger partial charge in [0.05, 0.1) is 6.54 Å². The van der Waals surface area contributed by atoms with Gasteiger partial charge in [-0.05, 0) is 31.9 Å². The second-order valence-corrected chi connectivity index (χ2v) is 5.00. The normalized spacial score (nSPS) is 20.2. The Morgan fingerprint density at radius 3 is 2.95 bits per heavy atom. The maximum Gasteiger partial charge on any atom is 0.243 e. The Labute approximate surface area is 113 Å². The molecule has 0 bridgehead atoms. The Kier molecular flexibility index (Phi) is 4.24. The molecule has 5 heteroatoms. The number of carbonyl (C=O) groups excluding carboxylic acids is 2. The largest absolute Gasteiger partial charge is 0.465 e. The lowest BCUT2D eigenvalue weighted by Gasteiger charge is -2.24. The zero-order chi connectivity index (χ0) is 13.8. The van der Waals surface area contributed by atoms with Gasteiger partial charge in [-0.3, -0.25) is 9.59 Å². The van der Waals surface area contributed by atoms with Crippen molar-refractivity contribution < 1.29 is 14.0 Å². The fraction of sp³-hybridized carbons (Fsp3) is 0.571. The van der Waals surface area contributed by atoms with E-state index < -0.39 is 0 Å². The third-order valence-electron chi connectivity index (χ3n) is 3.51. The SMILES string of the molecule is Cc1ccc(CNC(=O)C2CCCCC(=O)N2C)o1. The van der Waals surface area contributed by atoms with Crippen LogP contribution in [0.3, 0.4) is 0 Å². The van der Waals surface area contributed by atoms with Gasteiger partial charge in [-0.2, -0.15) is 0 Å². The average molecular weight is 264 g/mol. The second kappa shape index (κ2) is 5.91. The standard InChI is InChI=1S/C14H20N2O3/c1-10-7-8-11(19-10)9-15-14(18)12-5-3-4-6-13(17)16(12)2/h7-8,12H,3-6,9H2,1-2H3,(H,15,18). The zero-order valence-electron chi connectivity index (χ0n) is 11.4. The van der Waals surface area contributed by atoms with Gasteiger partial charge in [-0.25, -0.2) is 0 Å². The summed E-state index contributed by atoms with van der Waals surface area (Å²) in [7, 11) is 1.70. The van der Waals surface area contributed by atoms with E-state index >= 15 is 0 Å². The Morgan fingerprint density at radius 1 is 1.47 bits per heavy atom. The number of carbonyl (C=O) groups is 2. The predicted octanol–water partition coefficient (Wildman–Crippen LogP) is 1.61. The number of likely N-dealkylation sites (N-methyl/N-ethyl adjacent to an activating group) is 1. The third kappa shape index (κ3) is 3.36. The molecule has 1 saturated heterocycles. The molecule has 1 fully saturated rings. The number of nitrogens with one attached hydrogen (secondary N) is 1. The summed E-state index contributed by atoms with van der Waals surface area (Å²) in [6.45, 7) is 2.23. The third-order valence-corrected chi connectivity index (χ3v) is 3.51. The summed E-state index contributed by atoms with van der Waals surface area (Å²) in [5, 5.41) is 2.83. The highest BCUT2D eigenvalue weighted by Crippen LogP contribution is 2.16. The first-order chi connectivity index (χ1) is 9.08. The minimum absolute atomic E-state index is 0.0477. The van der Waals surface area contributed by atoms with Crippen molar-refractivity contribution in [3.63, 3.8) is 0 Å². The van der Waals surface area contributed by atoms with E-state index in [1.54, 1.807) is 11.9 Å². The molecular weight excluding hydrogens is 244 g/mol. The van der Waals surface area contributed by atoms with Crippen LogP contribution in [-0.2, 0) is 16.1 Å². The molecule has 5 nitrogen and oxygen atoms in total. The average Bonchev–Trinajstić information content (AvgIpc) is 2.73. The van der Waals surface area contributed by atoms with Crippen molar-refractivity contribution >= 4 is 11.8 Å². The molecule has 1 atom stereocenters. The smallest absolute Gasteiger partial charge is 0.243 e. The van der Waals surface area contributed by atoms with Crippen molar-refractivity contribution in [3.8, 4) is 0 Å². The molecule has 104 valence electrons. The molecule has 1 aliphatic rings. The first-order valence-corrected chi connectivity index (χ1v) is 6.66. The van der Waals surface area contributed by atoms with E-state index in [1.807, 2.05) is 19.1 Å². The van der Waals surface area contributed by atoms with Crippen LogP contribution < -0.4 is 5.32 Å². The Bertz CT molecular complexity index is 467. The number of aryl methyl sites for hydroxylation is 1. The molecular formula is C14H20N2O3. The fourth-order valence-electron chi connectivity index (χ4n) is 2.34. The fourth-order valence-corrected chi connectivity index (χ4v) is 2.34. The summed E-state index contributed by atoms with van der Waals surface area (Å²) in [6.07, 6.45) is 3.04. The summed E-state index contributed by atoms with van der Waals surface area (Å²) < 4.78 is 5.40. The molecule has 2 heterocycles. The van der Waals surface area contributed by atoms with Crippen LogP contribution in [0.15, 0.2) is 16.5 Å². The van der Waals surface area contributed by atoms with Crippen molar-refractivity contribution in [1.29, 1.82) is 0 Å². The lowest BCUT2D eigenvalue weighted by molar-refractivity contribution is -0.138. The van der Waals surface area contributed by atoms with Crippen molar-refractivity contribution in [3.05, 3.63) is 23.7 Å². The van der Waals surface area contributed by atoms with Crippen LogP contribution in [0.25, 0.3) is 0 Å². The maximum atomic E-state index is 12.1. The first kappa shape index (κ1) is 13.6. The van der Waals surface area contributed by atoms with Crippen LogP contribution in [0.1, 0.15) is 37.2 Å². The zero-order valence-corrected chi connectivity index (χ0v) is 11.4. The van der Waals surface area contributed by atoms with Gasteiger partial charge in [0, 0.05) is 13.5 Å². The van der Waals surface area contributed by atoms with E-state index in [0.717, 1.165) is 30.8 Å². The van der Waals surface area contributed by atoms with Crippen LogP contribution in [0.5, 0.6) is 0 Å². The number of hydrogen-bond acceptors (Lipinski definition) is 3. The summed E-state index contributed by atoms with van der Waals surface area (Å²) in [4.78, 5) is 25.4. The number of furan rings is 1. The predicted molar refractivity (Wildman–Crippen MR) is 70.3 cm³/mol. The topological polar surface area (TPSA) is 62.6 Å². The van der Waals surface area contributed by atoms with E-state index in [9.17, 15) is 9.59 Å². The molecule has 1 aromatic rings. The van der Waals surface area contributed by atoms with Gasteiger partial charge in [-0.1, -0.05) is 6.42 Å². The van der Waals surface area contributed by atoms with Gasteiger partial charge in [0.15, 0.2) is 0 Å². The van der Waals surface area contributed by atoms with E-state index in [1.165, 1.54) is 0 Å². The number of likely N-dealkylation sites (tertiary alicyclic amines) is 1. The van der Waals surface area contributed by atoms with Crippen LogP contribution in [0.4, 0.5) is 0 Å². The number of amides is 2. The lowest BCUT2D eigenvalue weighted by Crippen LogP contribution is -2.46. The summed E-state index contributed by atoms with van der Waals surface area (Å²) >= 11 is 0. The Hall–Kier alpha value is -1.78. The van der Waals surface area contributed by atoms with Gasteiger partial charge in [-0.15, -0.1) is 0 Å². The molecule has 0 aromatic carbocycles. The number of hydrogen-bond donors (Lipinski definition) is 1. The van der Waals surface area contributed by atoms with Crippen LogP contribution in [-0.4, -0.2) is 29.8 Å². The molecule has 2 rings (SSSR count). The molecule has 1 N–H and O–H groups in total. The highest BCUT2D eigenvalue weighted by Gasteiger charge is 2.28. The maximum absolute atomic E-state index is 12.1. The van der Waals surface area contributed by atoms with Crippen molar-refractivity contribution in [2.75, 3.05) is 7.05 Å². The van der Waals surface area contributed by atoms with Gasteiger partial charge >= 0.3 is 0 Å². The highest BCUT2D eigenvalue weighted by atomic mass is 16.3. The molecule has 1 aliphatic heterocycles. The van der Waals surface area contributed by atoms with Gasteiger partial charge in [0.1, 0.15) is 17.6 Å². The van der Waals surface area contributed by atoms with E-state index in [-0.39, 0.29) is 17.9 Å². The molecule has 0 saturated carbocycles. The van der Waals surface area contributed by atoms with Gasteiger partial charge < -0.3 is 14.6 Å². The molecule has 0 aliphatic carbocycles. The molecule has 1 aromatic heterocycles. The van der Waals surface area contributed by atoms with Gasteiger partial charge in [0.2, 0.25) is 11.8 Å². The molecule has 2 amide bonds. The van der Waals surface area contributed by atoms with Crippen molar-refractivity contribution in [1.82, 2.24) is 10.2 Å². The van der Waals surface area contributed by atoms with Crippen LogP contribution in [0.2, 0.25) is 0 Å². The Morgan fingerprint density at radius 2 is 2.26 bits per heavy atom. The van der Waals surface area contributed by atoms with Crippen LogP contribution >= 0.6 is 0 Å². The van der Waals surface area contributed by atoms with E-state index in [4.69, 9.17) is 4.42 Å². The summed E-state index contributed by atoms with van der Waals surface area (Å²) in [6, 6.07) is 3.35. The number of rotatable bonds is 3. The highest BCUT2D eigenvalue weighted by molar-refractivity contribution is 5.87. The first-order valence-electron chi connectivity index (χ1n) is 6.66. The monoisotopic (exact) mass is 264 g/mol. The van der Waals surface area contributed by atoms with E-state index in [2.05, 4.69) is 5.32 Å². The van der Waals surface area contributed by atoms with Crippen molar-refractivity contribution in [2.45, 2.75) is 45.2 Å². The molecule has 1 unspecified atom stereocenters. The summed E-state index contributed by atoms with van der Waals surface area (Å²) in [5.74, 6) is 1.50. The Balaban J connectivity index is 1.92. The number of nitrogens with zero attached hydrogens (tertiary/aromatic N) is 1. The van der Waals surface area contributed by atoms with Crippen LogP contribution in [0, 0.1) is 6.92 Å². The van der Waals surface area contributed by atoms with Gasteiger partial charge in [0.25, 0.3) is 0 Å². The molecule has 0 spiro atoms. The molecule has 0 radical (unpaired) electrons. The minimum atomic E-state index is -0.356. The second-order valence-electron chi connectivity index (χ2n) is 5.00. The quantitative estimate of drug-likeness (QED) is 0.902.